The summed E-state index contributed by atoms with van der Waals surface area (Å²) < 4.78 is 0. The van der Waals surface area contributed by atoms with Crippen molar-refractivity contribution in [3.05, 3.63) is 12.2 Å². The van der Waals surface area contributed by atoms with E-state index in [9.17, 15) is 9.90 Å². The van der Waals surface area contributed by atoms with Crippen LogP contribution < -0.4 is 0 Å². The van der Waals surface area contributed by atoms with Gasteiger partial charge in [0.1, 0.15) is 0 Å². The highest BCUT2D eigenvalue weighted by Crippen LogP contribution is 2.19. The molecule has 0 spiro atoms. The smallest absolute Gasteiger partial charge is 0.152 e. The summed E-state index contributed by atoms with van der Waals surface area (Å²) in [5, 5.41) is 9.83. The third-order valence-corrected chi connectivity index (χ3v) is 2.14. The van der Waals surface area contributed by atoms with Crippen molar-refractivity contribution in [1.29, 1.82) is 0 Å². The van der Waals surface area contributed by atoms with E-state index in [0.29, 0.717) is 12.3 Å². The molecule has 0 bridgehead atoms. The largest absolute Gasteiger partial charge is 0.386 e. The second-order valence-electron chi connectivity index (χ2n) is 4.02. The Kier molecular flexibility index (Phi) is 4.92. The zero-order chi connectivity index (χ0) is 10.5. The van der Waals surface area contributed by atoms with Gasteiger partial charge in [-0.15, -0.1) is 0 Å². The molecule has 0 heterocycles. The molecule has 0 amide bonds. The molecule has 13 heavy (non-hydrogen) atoms. The lowest BCUT2D eigenvalue weighted by Gasteiger charge is -2.22. The van der Waals surface area contributed by atoms with Crippen molar-refractivity contribution in [2.24, 2.45) is 5.92 Å². The molecular formula is C11H20O2. The number of hydrogen-bond donors (Lipinski definition) is 1. The predicted molar refractivity (Wildman–Crippen MR) is 54.5 cm³/mol. The van der Waals surface area contributed by atoms with E-state index in [0.717, 1.165) is 6.42 Å². The van der Waals surface area contributed by atoms with Gasteiger partial charge in [0.15, 0.2) is 5.78 Å². The van der Waals surface area contributed by atoms with Crippen LogP contribution in [0.5, 0.6) is 0 Å². The van der Waals surface area contributed by atoms with Crippen molar-refractivity contribution in [3.63, 3.8) is 0 Å². The zero-order valence-electron chi connectivity index (χ0n) is 9.00. The predicted octanol–water partition coefficient (Wildman–Crippen LogP) is 2.32. The van der Waals surface area contributed by atoms with Gasteiger partial charge in [-0.25, -0.2) is 0 Å². The van der Waals surface area contributed by atoms with E-state index in [-0.39, 0.29) is 5.78 Å². The molecule has 0 aliphatic carbocycles. The molecule has 0 aromatic rings. The second-order valence-corrected chi connectivity index (χ2v) is 4.02. The minimum absolute atomic E-state index is 0.0237. The highest BCUT2D eigenvalue weighted by molar-refractivity contribution is 5.87. The molecule has 2 heteroatoms. The Morgan fingerprint density at radius 3 is 2.54 bits per heavy atom. The normalized spacial score (nSPS) is 18.5. The lowest BCUT2D eigenvalue weighted by Crippen LogP contribution is -2.24. The van der Waals surface area contributed by atoms with Crippen LogP contribution in [0, 0.1) is 5.92 Å². The van der Waals surface area contributed by atoms with Crippen LogP contribution in [0.2, 0.25) is 0 Å². The molecule has 0 saturated heterocycles. The van der Waals surface area contributed by atoms with Crippen molar-refractivity contribution in [3.8, 4) is 0 Å². The highest BCUT2D eigenvalue weighted by Gasteiger charge is 2.19. The van der Waals surface area contributed by atoms with Gasteiger partial charge in [0.05, 0.1) is 5.60 Å². The van der Waals surface area contributed by atoms with Gasteiger partial charge >= 0.3 is 0 Å². The average molecular weight is 184 g/mol. The van der Waals surface area contributed by atoms with Gasteiger partial charge in [-0.2, -0.15) is 0 Å². The molecule has 2 unspecified atom stereocenters. The van der Waals surface area contributed by atoms with Crippen LogP contribution in [0.15, 0.2) is 12.2 Å². The zero-order valence-corrected chi connectivity index (χ0v) is 9.00. The molecule has 0 saturated carbocycles. The van der Waals surface area contributed by atoms with Gasteiger partial charge in [0, 0.05) is 0 Å². The first-order chi connectivity index (χ1) is 5.87. The van der Waals surface area contributed by atoms with Crippen LogP contribution in [0.25, 0.3) is 0 Å². The van der Waals surface area contributed by atoms with E-state index in [1.807, 2.05) is 0 Å². The van der Waals surface area contributed by atoms with Gasteiger partial charge < -0.3 is 5.11 Å². The first kappa shape index (κ1) is 12.4. The molecule has 0 aliphatic heterocycles. The Bertz CT molecular complexity index is 192. The molecule has 0 rings (SSSR count). The standard InChI is InChI=1S/C11H20O2/c1-5-9(2)8-11(4,13)7-6-10(3)12/h6-7,9,13H,5,8H2,1-4H3/b7-6+. The van der Waals surface area contributed by atoms with Crippen LogP contribution >= 0.6 is 0 Å². The summed E-state index contributed by atoms with van der Waals surface area (Å²) >= 11 is 0. The third-order valence-electron chi connectivity index (χ3n) is 2.14. The summed E-state index contributed by atoms with van der Waals surface area (Å²) in [4.78, 5) is 10.6. The molecule has 0 aromatic heterocycles. The van der Waals surface area contributed by atoms with E-state index in [2.05, 4.69) is 13.8 Å². The monoisotopic (exact) mass is 184 g/mol. The lowest BCUT2D eigenvalue weighted by atomic mass is 9.91. The van der Waals surface area contributed by atoms with Gasteiger partial charge in [-0.1, -0.05) is 20.3 Å². The van der Waals surface area contributed by atoms with E-state index < -0.39 is 5.60 Å². The van der Waals surface area contributed by atoms with Gasteiger partial charge in [0.25, 0.3) is 0 Å². The quantitative estimate of drug-likeness (QED) is 0.666. The molecule has 0 radical (unpaired) electrons. The van der Waals surface area contributed by atoms with E-state index in [1.165, 1.54) is 13.0 Å². The van der Waals surface area contributed by atoms with Gasteiger partial charge in [-0.05, 0) is 38.3 Å². The minimum atomic E-state index is -0.846. The van der Waals surface area contributed by atoms with E-state index >= 15 is 0 Å². The summed E-state index contributed by atoms with van der Waals surface area (Å²) in [6.07, 6.45) is 4.77. The molecule has 76 valence electrons. The minimum Gasteiger partial charge on any atom is -0.386 e. The molecule has 0 aromatic carbocycles. The summed E-state index contributed by atoms with van der Waals surface area (Å²) in [5.74, 6) is 0.455. The Morgan fingerprint density at radius 2 is 2.15 bits per heavy atom. The fraction of sp³-hybridized carbons (Fsp3) is 0.727. The maximum atomic E-state index is 10.6. The lowest BCUT2D eigenvalue weighted by molar-refractivity contribution is -0.112. The number of carbonyl (C=O) groups excluding carboxylic acids is 1. The Labute approximate surface area is 80.7 Å². The van der Waals surface area contributed by atoms with E-state index in [4.69, 9.17) is 0 Å². The summed E-state index contributed by atoms with van der Waals surface area (Å²) in [5.41, 5.74) is -0.846. The van der Waals surface area contributed by atoms with Crippen molar-refractivity contribution in [2.75, 3.05) is 0 Å². The molecule has 0 aliphatic rings. The fourth-order valence-electron chi connectivity index (χ4n) is 1.21. The van der Waals surface area contributed by atoms with Crippen molar-refractivity contribution >= 4 is 5.78 Å². The van der Waals surface area contributed by atoms with Crippen LogP contribution in [0.3, 0.4) is 0 Å². The number of ketones is 1. The molecule has 2 atom stereocenters. The van der Waals surface area contributed by atoms with Crippen molar-refractivity contribution in [2.45, 2.75) is 46.1 Å². The number of hydrogen-bond acceptors (Lipinski definition) is 2. The maximum absolute atomic E-state index is 10.6. The molecule has 2 nitrogen and oxygen atoms in total. The molecule has 1 N–H and O–H groups in total. The summed E-state index contributed by atoms with van der Waals surface area (Å²) in [7, 11) is 0. The highest BCUT2D eigenvalue weighted by atomic mass is 16.3. The van der Waals surface area contributed by atoms with Crippen LogP contribution in [-0.2, 0) is 4.79 Å². The Morgan fingerprint density at radius 1 is 1.62 bits per heavy atom. The van der Waals surface area contributed by atoms with Crippen molar-refractivity contribution < 1.29 is 9.90 Å². The number of rotatable bonds is 5. The molecular weight excluding hydrogens is 164 g/mol. The molecule has 0 fully saturated rings. The summed E-state index contributed by atoms with van der Waals surface area (Å²) in [6.45, 7) is 7.40. The van der Waals surface area contributed by atoms with Gasteiger partial charge in [0.2, 0.25) is 0 Å². The number of carbonyl (C=O) groups is 1. The second kappa shape index (κ2) is 5.18. The summed E-state index contributed by atoms with van der Waals surface area (Å²) in [6, 6.07) is 0. The Balaban J connectivity index is 4.14. The van der Waals surface area contributed by atoms with Crippen LogP contribution in [0.4, 0.5) is 0 Å². The topological polar surface area (TPSA) is 37.3 Å². The van der Waals surface area contributed by atoms with Crippen LogP contribution in [0.1, 0.15) is 40.5 Å². The van der Waals surface area contributed by atoms with Crippen molar-refractivity contribution in [1.82, 2.24) is 0 Å². The fourth-order valence-corrected chi connectivity index (χ4v) is 1.21. The first-order valence-corrected chi connectivity index (χ1v) is 4.79. The number of allylic oxidation sites excluding steroid dienone is 1. The van der Waals surface area contributed by atoms with Crippen LogP contribution in [-0.4, -0.2) is 16.5 Å². The van der Waals surface area contributed by atoms with Gasteiger partial charge in [-0.3, -0.25) is 4.79 Å². The third kappa shape index (κ3) is 6.52. The maximum Gasteiger partial charge on any atom is 0.152 e. The Hall–Kier alpha value is -0.630. The SMILES string of the molecule is CCC(C)CC(C)(O)/C=C/C(C)=O. The first-order valence-electron chi connectivity index (χ1n) is 4.79. The number of aliphatic hydroxyl groups is 1. The van der Waals surface area contributed by atoms with E-state index in [1.54, 1.807) is 13.0 Å². The average Bonchev–Trinajstić information content (AvgIpc) is 2.00.